The molecule has 0 atom stereocenters. The Morgan fingerprint density at radius 3 is 2.59 bits per heavy atom. The van der Waals surface area contributed by atoms with Crippen LogP contribution >= 0.6 is 0 Å². The second kappa shape index (κ2) is 4.61. The van der Waals surface area contributed by atoms with Crippen molar-refractivity contribution < 1.29 is 4.92 Å². The Morgan fingerprint density at radius 2 is 2.00 bits per heavy atom. The summed E-state index contributed by atoms with van der Waals surface area (Å²) in [6.45, 7) is 4.13. The molecule has 1 heterocycles. The van der Waals surface area contributed by atoms with Gasteiger partial charge in [0.2, 0.25) is 0 Å². The molecule has 1 aliphatic heterocycles. The Balaban J connectivity index is 2.23. The van der Waals surface area contributed by atoms with E-state index in [0.717, 1.165) is 37.5 Å². The van der Waals surface area contributed by atoms with Crippen LogP contribution in [0.15, 0.2) is 18.2 Å². The lowest BCUT2D eigenvalue weighted by Gasteiger charge is -2.32. The van der Waals surface area contributed by atoms with Crippen LogP contribution in [0.5, 0.6) is 0 Å². The largest absolute Gasteiger partial charge is 0.398 e. The number of non-ortho nitro benzene ring substituents is 1. The summed E-state index contributed by atoms with van der Waals surface area (Å²) in [6, 6.07) is 4.81. The van der Waals surface area contributed by atoms with Gasteiger partial charge in [-0.1, -0.05) is 6.92 Å². The lowest BCUT2D eigenvalue weighted by molar-refractivity contribution is -0.384. The van der Waals surface area contributed by atoms with Gasteiger partial charge >= 0.3 is 0 Å². The number of nitrogens with two attached hydrogens (primary N) is 1. The van der Waals surface area contributed by atoms with Crippen LogP contribution in [0.3, 0.4) is 0 Å². The number of nitrogen functional groups attached to an aromatic ring is 1. The molecule has 1 aromatic rings. The van der Waals surface area contributed by atoms with E-state index in [4.69, 9.17) is 5.73 Å². The summed E-state index contributed by atoms with van der Waals surface area (Å²) in [7, 11) is 0. The SMILES string of the molecule is CC1CCN(c2cc(N)cc([N+](=O)[O-])c2)CC1. The maximum atomic E-state index is 10.8. The molecule has 1 aliphatic rings. The molecule has 0 amide bonds. The third-order valence-corrected chi connectivity index (χ3v) is 3.28. The Kier molecular flexibility index (Phi) is 3.17. The van der Waals surface area contributed by atoms with Crippen molar-refractivity contribution in [2.45, 2.75) is 19.8 Å². The van der Waals surface area contributed by atoms with Gasteiger partial charge in [-0.15, -0.1) is 0 Å². The molecule has 1 aromatic carbocycles. The molecule has 0 unspecified atom stereocenters. The second-order valence-corrected chi connectivity index (χ2v) is 4.71. The first kappa shape index (κ1) is 11.7. The average molecular weight is 235 g/mol. The minimum absolute atomic E-state index is 0.0682. The van der Waals surface area contributed by atoms with E-state index in [1.54, 1.807) is 6.07 Å². The van der Waals surface area contributed by atoms with Crippen molar-refractivity contribution >= 4 is 17.1 Å². The number of anilines is 2. The fourth-order valence-electron chi connectivity index (χ4n) is 2.17. The third kappa shape index (κ3) is 2.67. The standard InChI is InChI=1S/C12H17N3O2/c1-9-2-4-14(5-3-9)11-6-10(13)7-12(8-11)15(16)17/h6-9H,2-5,13H2,1H3. The highest BCUT2D eigenvalue weighted by atomic mass is 16.6. The van der Waals surface area contributed by atoms with E-state index in [9.17, 15) is 10.1 Å². The Morgan fingerprint density at radius 1 is 1.35 bits per heavy atom. The predicted octanol–water partition coefficient (Wildman–Crippen LogP) is 2.41. The number of piperidine rings is 1. The molecule has 2 rings (SSSR count). The van der Waals surface area contributed by atoms with Crippen molar-refractivity contribution in [2.24, 2.45) is 5.92 Å². The van der Waals surface area contributed by atoms with Crippen LogP contribution in [0.25, 0.3) is 0 Å². The van der Waals surface area contributed by atoms with E-state index in [-0.39, 0.29) is 5.69 Å². The van der Waals surface area contributed by atoms with Gasteiger partial charge in [0, 0.05) is 36.6 Å². The second-order valence-electron chi connectivity index (χ2n) is 4.71. The molecule has 0 bridgehead atoms. The number of rotatable bonds is 2. The highest BCUT2D eigenvalue weighted by Gasteiger charge is 2.18. The summed E-state index contributed by atoms with van der Waals surface area (Å²) in [5.74, 6) is 0.738. The van der Waals surface area contributed by atoms with Gasteiger partial charge in [-0.2, -0.15) is 0 Å². The van der Waals surface area contributed by atoms with E-state index in [1.807, 2.05) is 6.07 Å². The fourth-order valence-corrected chi connectivity index (χ4v) is 2.17. The molecule has 0 spiro atoms. The predicted molar refractivity (Wildman–Crippen MR) is 68.1 cm³/mol. The summed E-state index contributed by atoms with van der Waals surface area (Å²) in [6.07, 6.45) is 2.26. The molecule has 0 saturated carbocycles. The molecular weight excluding hydrogens is 218 g/mol. The molecule has 1 fully saturated rings. The van der Waals surface area contributed by atoms with Crippen molar-refractivity contribution in [3.05, 3.63) is 28.3 Å². The zero-order chi connectivity index (χ0) is 12.4. The zero-order valence-electron chi connectivity index (χ0n) is 9.93. The third-order valence-electron chi connectivity index (χ3n) is 3.28. The van der Waals surface area contributed by atoms with E-state index < -0.39 is 4.92 Å². The van der Waals surface area contributed by atoms with E-state index in [2.05, 4.69) is 11.8 Å². The summed E-state index contributed by atoms with van der Waals surface area (Å²) in [5.41, 5.74) is 7.08. The maximum absolute atomic E-state index is 10.8. The average Bonchev–Trinajstić information content (AvgIpc) is 2.29. The number of nitro groups is 1. The maximum Gasteiger partial charge on any atom is 0.273 e. The van der Waals surface area contributed by atoms with Crippen molar-refractivity contribution in [1.29, 1.82) is 0 Å². The summed E-state index contributed by atoms with van der Waals surface area (Å²) < 4.78 is 0. The van der Waals surface area contributed by atoms with Crippen LogP contribution in [0.2, 0.25) is 0 Å². The van der Waals surface area contributed by atoms with Gasteiger partial charge in [-0.3, -0.25) is 10.1 Å². The molecule has 17 heavy (non-hydrogen) atoms. The van der Waals surface area contributed by atoms with Gasteiger partial charge in [-0.05, 0) is 24.8 Å². The monoisotopic (exact) mass is 235 g/mol. The Labute approximate surface area is 100 Å². The van der Waals surface area contributed by atoms with Crippen LogP contribution in [0, 0.1) is 16.0 Å². The fraction of sp³-hybridized carbons (Fsp3) is 0.500. The van der Waals surface area contributed by atoms with Crippen molar-refractivity contribution in [3.8, 4) is 0 Å². The smallest absolute Gasteiger partial charge is 0.273 e. The summed E-state index contributed by atoms with van der Waals surface area (Å²) >= 11 is 0. The van der Waals surface area contributed by atoms with Crippen LogP contribution in [-0.2, 0) is 0 Å². The van der Waals surface area contributed by atoms with Crippen LogP contribution in [-0.4, -0.2) is 18.0 Å². The van der Waals surface area contributed by atoms with Gasteiger partial charge in [-0.25, -0.2) is 0 Å². The van der Waals surface area contributed by atoms with Gasteiger partial charge in [0.15, 0.2) is 0 Å². The van der Waals surface area contributed by atoms with Gasteiger partial charge in [0.25, 0.3) is 5.69 Å². The molecule has 92 valence electrons. The number of hydrogen-bond donors (Lipinski definition) is 1. The number of hydrogen-bond acceptors (Lipinski definition) is 4. The van der Waals surface area contributed by atoms with E-state index >= 15 is 0 Å². The zero-order valence-corrected chi connectivity index (χ0v) is 9.93. The van der Waals surface area contributed by atoms with Crippen molar-refractivity contribution in [2.75, 3.05) is 23.7 Å². The first-order chi connectivity index (χ1) is 8.06. The minimum Gasteiger partial charge on any atom is -0.398 e. The summed E-state index contributed by atoms with van der Waals surface area (Å²) in [5, 5.41) is 10.8. The van der Waals surface area contributed by atoms with E-state index in [0.29, 0.717) is 5.69 Å². The van der Waals surface area contributed by atoms with Crippen molar-refractivity contribution in [1.82, 2.24) is 0 Å². The highest BCUT2D eigenvalue weighted by Crippen LogP contribution is 2.28. The number of nitrogens with zero attached hydrogens (tertiary/aromatic N) is 2. The normalized spacial score (nSPS) is 17.1. The molecule has 5 nitrogen and oxygen atoms in total. The first-order valence-electron chi connectivity index (χ1n) is 5.86. The first-order valence-corrected chi connectivity index (χ1v) is 5.86. The van der Waals surface area contributed by atoms with Crippen LogP contribution in [0.1, 0.15) is 19.8 Å². The molecule has 5 heteroatoms. The lowest BCUT2D eigenvalue weighted by Crippen LogP contribution is -2.32. The van der Waals surface area contributed by atoms with Gasteiger partial charge in [0.05, 0.1) is 4.92 Å². The summed E-state index contributed by atoms with van der Waals surface area (Å²) in [4.78, 5) is 12.5. The van der Waals surface area contributed by atoms with Crippen LogP contribution in [0.4, 0.5) is 17.1 Å². The molecule has 0 aliphatic carbocycles. The topological polar surface area (TPSA) is 72.4 Å². The highest BCUT2D eigenvalue weighted by molar-refractivity contribution is 5.62. The molecule has 0 radical (unpaired) electrons. The number of benzene rings is 1. The van der Waals surface area contributed by atoms with Gasteiger partial charge in [0.1, 0.15) is 0 Å². The Hall–Kier alpha value is -1.78. The molecular formula is C12H17N3O2. The minimum atomic E-state index is -0.396. The van der Waals surface area contributed by atoms with Gasteiger partial charge < -0.3 is 10.6 Å². The molecule has 2 N–H and O–H groups in total. The molecule has 1 saturated heterocycles. The molecule has 0 aromatic heterocycles. The quantitative estimate of drug-likeness (QED) is 0.485. The number of nitro benzene ring substituents is 1. The Bertz CT molecular complexity index is 426. The van der Waals surface area contributed by atoms with E-state index in [1.165, 1.54) is 6.07 Å². The van der Waals surface area contributed by atoms with Crippen LogP contribution < -0.4 is 10.6 Å². The van der Waals surface area contributed by atoms with Crippen molar-refractivity contribution in [3.63, 3.8) is 0 Å². The lowest BCUT2D eigenvalue weighted by atomic mass is 9.99.